The average Bonchev–Trinajstić information content (AvgIpc) is 2.10. The number of hydrogen-bond donors (Lipinski definition) is 1. The Morgan fingerprint density at radius 3 is 2.36 bits per heavy atom. The number of rotatable bonds is 2. The van der Waals surface area contributed by atoms with E-state index >= 15 is 0 Å². The van der Waals surface area contributed by atoms with Crippen molar-refractivity contribution < 1.29 is 4.92 Å². The molecule has 1 rings (SSSR count). The standard InChI is InChI=1S/C9H11BrN2O2/c1-5-4-8(11-10)6(2)7(3)9(5)12(13)14/h4,11H,1-3H3. The Kier molecular flexibility index (Phi) is 3.10. The molecular formula is C9H11BrN2O2. The molecule has 0 aromatic heterocycles. The second-order valence-electron chi connectivity index (χ2n) is 3.19. The summed E-state index contributed by atoms with van der Waals surface area (Å²) in [7, 11) is 0. The monoisotopic (exact) mass is 258 g/mol. The summed E-state index contributed by atoms with van der Waals surface area (Å²) in [5.41, 5.74) is 3.33. The Labute approximate surface area is 90.8 Å². The Balaban J connectivity index is 3.49. The zero-order valence-corrected chi connectivity index (χ0v) is 9.81. The minimum absolute atomic E-state index is 0.203. The van der Waals surface area contributed by atoms with Gasteiger partial charge < -0.3 is 4.34 Å². The predicted octanol–water partition coefficient (Wildman–Crippen LogP) is 3.24. The van der Waals surface area contributed by atoms with E-state index in [0.29, 0.717) is 11.1 Å². The Hall–Kier alpha value is -1.10. The first-order valence-electron chi connectivity index (χ1n) is 4.11. The van der Waals surface area contributed by atoms with Gasteiger partial charge in [-0.1, -0.05) is 0 Å². The van der Waals surface area contributed by atoms with Crippen LogP contribution >= 0.6 is 16.1 Å². The van der Waals surface area contributed by atoms with Crippen molar-refractivity contribution in [3.8, 4) is 0 Å². The minimum Gasteiger partial charge on any atom is -0.322 e. The van der Waals surface area contributed by atoms with Gasteiger partial charge in [0.2, 0.25) is 0 Å². The van der Waals surface area contributed by atoms with Crippen LogP contribution in [0.25, 0.3) is 0 Å². The Morgan fingerprint density at radius 1 is 1.36 bits per heavy atom. The van der Waals surface area contributed by atoms with Gasteiger partial charge in [0.05, 0.1) is 4.92 Å². The van der Waals surface area contributed by atoms with E-state index in [1.165, 1.54) is 0 Å². The fourth-order valence-electron chi connectivity index (χ4n) is 1.45. The van der Waals surface area contributed by atoms with Crippen LogP contribution in [0, 0.1) is 30.9 Å². The number of aryl methyl sites for hydroxylation is 1. The van der Waals surface area contributed by atoms with Crippen LogP contribution in [0.5, 0.6) is 0 Å². The molecule has 0 aliphatic carbocycles. The molecule has 5 heteroatoms. The molecule has 0 saturated heterocycles. The van der Waals surface area contributed by atoms with Crippen molar-refractivity contribution in [3.05, 3.63) is 32.9 Å². The number of anilines is 1. The summed E-state index contributed by atoms with van der Waals surface area (Å²) >= 11 is 3.12. The summed E-state index contributed by atoms with van der Waals surface area (Å²) in [5.74, 6) is 0. The maximum Gasteiger partial charge on any atom is 0.275 e. The Bertz CT molecular complexity index is 391. The van der Waals surface area contributed by atoms with Crippen molar-refractivity contribution in [1.29, 1.82) is 0 Å². The lowest BCUT2D eigenvalue weighted by Crippen LogP contribution is -1.99. The molecule has 1 N–H and O–H groups in total. The van der Waals surface area contributed by atoms with Gasteiger partial charge in [-0.3, -0.25) is 10.1 Å². The van der Waals surface area contributed by atoms with Crippen LogP contribution in [0.3, 0.4) is 0 Å². The number of hydrogen-bond acceptors (Lipinski definition) is 3. The van der Waals surface area contributed by atoms with E-state index in [9.17, 15) is 10.1 Å². The van der Waals surface area contributed by atoms with E-state index in [4.69, 9.17) is 0 Å². The molecule has 0 heterocycles. The van der Waals surface area contributed by atoms with Crippen LogP contribution < -0.4 is 4.34 Å². The molecule has 0 amide bonds. The first-order chi connectivity index (χ1) is 6.49. The maximum absolute atomic E-state index is 10.8. The van der Waals surface area contributed by atoms with E-state index < -0.39 is 0 Å². The third kappa shape index (κ3) is 1.72. The van der Waals surface area contributed by atoms with Crippen molar-refractivity contribution in [2.24, 2.45) is 0 Å². The molecule has 1 aromatic rings. The summed E-state index contributed by atoms with van der Waals surface area (Å²) in [6.45, 7) is 5.35. The second-order valence-corrected chi connectivity index (χ2v) is 3.59. The molecular weight excluding hydrogens is 248 g/mol. The molecule has 0 saturated carbocycles. The normalized spacial score (nSPS) is 10.0. The number of nitro benzene ring substituents is 1. The first kappa shape index (κ1) is 11.0. The number of nitrogens with zero attached hydrogens (tertiary/aromatic N) is 1. The van der Waals surface area contributed by atoms with Crippen molar-refractivity contribution in [1.82, 2.24) is 0 Å². The van der Waals surface area contributed by atoms with E-state index in [1.54, 1.807) is 19.9 Å². The quantitative estimate of drug-likeness (QED) is 0.504. The highest BCUT2D eigenvalue weighted by Crippen LogP contribution is 2.31. The van der Waals surface area contributed by atoms with Gasteiger partial charge in [-0.15, -0.1) is 0 Å². The molecule has 0 aliphatic rings. The summed E-state index contributed by atoms with van der Waals surface area (Å²) in [5, 5.41) is 10.8. The van der Waals surface area contributed by atoms with Gasteiger partial charge in [-0.25, -0.2) is 0 Å². The van der Waals surface area contributed by atoms with Crippen LogP contribution in [0.15, 0.2) is 6.07 Å². The smallest absolute Gasteiger partial charge is 0.275 e. The van der Waals surface area contributed by atoms with Crippen molar-refractivity contribution in [2.75, 3.05) is 4.34 Å². The fraction of sp³-hybridized carbons (Fsp3) is 0.333. The second kappa shape index (κ2) is 3.96. The highest BCUT2D eigenvalue weighted by Gasteiger charge is 2.18. The van der Waals surface area contributed by atoms with Gasteiger partial charge in [0.1, 0.15) is 0 Å². The zero-order chi connectivity index (χ0) is 10.9. The minimum atomic E-state index is -0.338. The van der Waals surface area contributed by atoms with Gasteiger partial charge in [-0.2, -0.15) is 0 Å². The van der Waals surface area contributed by atoms with Crippen molar-refractivity contribution >= 4 is 27.5 Å². The third-order valence-electron chi connectivity index (χ3n) is 2.34. The van der Waals surface area contributed by atoms with E-state index in [-0.39, 0.29) is 10.6 Å². The van der Waals surface area contributed by atoms with E-state index in [1.807, 2.05) is 6.92 Å². The predicted molar refractivity (Wildman–Crippen MR) is 59.9 cm³/mol. The highest BCUT2D eigenvalue weighted by atomic mass is 79.9. The van der Waals surface area contributed by atoms with Crippen LogP contribution in [0.4, 0.5) is 11.4 Å². The molecule has 0 atom stereocenters. The topological polar surface area (TPSA) is 55.2 Å². The lowest BCUT2D eigenvalue weighted by atomic mass is 10.0. The molecule has 0 bridgehead atoms. The first-order valence-corrected chi connectivity index (χ1v) is 4.90. The van der Waals surface area contributed by atoms with E-state index in [0.717, 1.165) is 11.3 Å². The maximum atomic E-state index is 10.8. The number of halogens is 1. The van der Waals surface area contributed by atoms with Crippen LogP contribution in [-0.2, 0) is 0 Å². The molecule has 0 aliphatic heterocycles. The molecule has 14 heavy (non-hydrogen) atoms. The molecule has 0 radical (unpaired) electrons. The van der Waals surface area contributed by atoms with Gasteiger partial charge in [0, 0.05) is 33.0 Å². The number of nitro groups is 1. The molecule has 1 aromatic carbocycles. The molecule has 0 spiro atoms. The molecule has 76 valence electrons. The molecule has 0 unspecified atom stereocenters. The van der Waals surface area contributed by atoms with Crippen molar-refractivity contribution in [2.45, 2.75) is 20.8 Å². The molecule has 4 nitrogen and oxygen atoms in total. The lowest BCUT2D eigenvalue weighted by Gasteiger charge is -2.09. The SMILES string of the molecule is Cc1cc(NBr)c(C)c(C)c1[N+](=O)[O-]. The lowest BCUT2D eigenvalue weighted by molar-refractivity contribution is -0.386. The van der Waals surface area contributed by atoms with Crippen molar-refractivity contribution in [3.63, 3.8) is 0 Å². The average molecular weight is 259 g/mol. The third-order valence-corrected chi connectivity index (χ3v) is 2.77. The van der Waals surface area contributed by atoms with Gasteiger partial charge >= 0.3 is 0 Å². The number of nitrogens with one attached hydrogen (secondary N) is 1. The molecule has 0 fully saturated rings. The van der Waals surface area contributed by atoms with Crippen LogP contribution in [-0.4, -0.2) is 4.92 Å². The van der Waals surface area contributed by atoms with Gasteiger partial charge in [-0.05, 0) is 32.4 Å². The van der Waals surface area contributed by atoms with Crippen LogP contribution in [0.2, 0.25) is 0 Å². The zero-order valence-electron chi connectivity index (χ0n) is 8.22. The number of benzene rings is 1. The summed E-state index contributed by atoms with van der Waals surface area (Å²) in [6.07, 6.45) is 0. The summed E-state index contributed by atoms with van der Waals surface area (Å²) < 4.78 is 2.83. The fourth-order valence-corrected chi connectivity index (χ4v) is 1.86. The van der Waals surface area contributed by atoms with Gasteiger partial charge in [0.25, 0.3) is 5.69 Å². The Morgan fingerprint density at radius 2 is 1.93 bits per heavy atom. The largest absolute Gasteiger partial charge is 0.322 e. The van der Waals surface area contributed by atoms with Crippen LogP contribution in [0.1, 0.15) is 16.7 Å². The summed E-state index contributed by atoms with van der Waals surface area (Å²) in [4.78, 5) is 10.4. The summed E-state index contributed by atoms with van der Waals surface area (Å²) in [6, 6.07) is 1.76. The van der Waals surface area contributed by atoms with Gasteiger partial charge in [0.15, 0.2) is 0 Å². The highest BCUT2D eigenvalue weighted by molar-refractivity contribution is 9.10. The van der Waals surface area contributed by atoms with E-state index in [2.05, 4.69) is 20.5 Å².